The Hall–Kier alpha value is -2.37. The van der Waals surface area contributed by atoms with Gasteiger partial charge in [0.1, 0.15) is 11.6 Å². The molecule has 1 saturated heterocycles. The monoisotopic (exact) mass is 406 g/mol. The fourth-order valence-electron chi connectivity index (χ4n) is 4.22. The van der Waals surface area contributed by atoms with E-state index in [0.717, 1.165) is 70.0 Å². The van der Waals surface area contributed by atoms with Crippen LogP contribution in [0.4, 0.5) is 0 Å². The Morgan fingerprint density at radius 2 is 1.77 bits per heavy atom. The summed E-state index contributed by atoms with van der Waals surface area (Å²) in [7, 11) is 2.20. The summed E-state index contributed by atoms with van der Waals surface area (Å²) in [5.41, 5.74) is 4.84. The van der Waals surface area contributed by atoms with E-state index in [4.69, 9.17) is 9.72 Å². The first-order valence-electron chi connectivity index (χ1n) is 11.2. The SMILES string of the molecule is Cc1ccc(OCCCCn2c(CN3CCN(C)CC3)nc3ccccc32)c(C)c1. The molecule has 5 heteroatoms. The van der Waals surface area contributed by atoms with E-state index >= 15 is 0 Å². The maximum absolute atomic E-state index is 6.02. The number of rotatable bonds is 8. The lowest BCUT2D eigenvalue weighted by Crippen LogP contribution is -2.44. The summed E-state index contributed by atoms with van der Waals surface area (Å²) in [6.07, 6.45) is 2.12. The van der Waals surface area contributed by atoms with Gasteiger partial charge in [-0.2, -0.15) is 0 Å². The van der Waals surface area contributed by atoms with Crippen molar-refractivity contribution in [2.45, 2.75) is 39.8 Å². The molecule has 1 fully saturated rings. The minimum atomic E-state index is 0.754. The molecule has 160 valence electrons. The second-order valence-electron chi connectivity index (χ2n) is 8.57. The van der Waals surface area contributed by atoms with Gasteiger partial charge in [-0.25, -0.2) is 4.98 Å². The number of aromatic nitrogens is 2. The Morgan fingerprint density at radius 1 is 0.967 bits per heavy atom. The second kappa shape index (κ2) is 9.63. The van der Waals surface area contributed by atoms with Crippen molar-refractivity contribution < 1.29 is 4.74 Å². The van der Waals surface area contributed by atoms with Gasteiger partial charge in [0, 0.05) is 32.7 Å². The van der Waals surface area contributed by atoms with Crippen LogP contribution in [-0.2, 0) is 13.1 Å². The van der Waals surface area contributed by atoms with Gasteiger partial charge in [0.2, 0.25) is 0 Å². The van der Waals surface area contributed by atoms with Crippen LogP contribution in [0.25, 0.3) is 11.0 Å². The average molecular weight is 407 g/mol. The summed E-state index contributed by atoms with van der Waals surface area (Å²) in [6, 6.07) is 14.9. The van der Waals surface area contributed by atoms with Gasteiger partial charge >= 0.3 is 0 Å². The second-order valence-corrected chi connectivity index (χ2v) is 8.57. The maximum atomic E-state index is 6.02. The molecule has 0 saturated carbocycles. The minimum Gasteiger partial charge on any atom is -0.493 e. The van der Waals surface area contributed by atoms with E-state index in [1.165, 1.54) is 22.5 Å². The molecule has 1 aliphatic heterocycles. The lowest BCUT2D eigenvalue weighted by atomic mass is 10.1. The summed E-state index contributed by atoms with van der Waals surface area (Å²) in [6.45, 7) is 11.4. The normalized spacial score (nSPS) is 15.7. The van der Waals surface area contributed by atoms with Crippen molar-refractivity contribution in [2.24, 2.45) is 0 Å². The largest absolute Gasteiger partial charge is 0.493 e. The summed E-state index contributed by atoms with van der Waals surface area (Å²) in [5, 5.41) is 0. The van der Waals surface area contributed by atoms with E-state index in [2.05, 4.69) is 77.7 Å². The number of hydrogen-bond donors (Lipinski definition) is 0. The first kappa shape index (κ1) is 20.9. The fourth-order valence-corrected chi connectivity index (χ4v) is 4.22. The molecule has 1 aliphatic rings. The van der Waals surface area contributed by atoms with Crippen molar-refractivity contribution in [3.8, 4) is 5.75 Å². The molecule has 0 amide bonds. The van der Waals surface area contributed by atoms with E-state index in [1.54, 1.807) is 0 Å². The van der Waals surface area contributed by atoms with Crippen molar-refractivity contribution in [3.05, 3.63) is 59.4 Å². The standard InChI is InChI=1S/C25H34N4O/c1-20-10-11-24(21(2)18-20)30-17-7-6-12-29-23-9-5-4-8-22(23)26-25(29)19-28-15-13-27(3)14-16-28/h4-5,8-11,18H,6-7,12-17,19H2,1-3H3. The summed E-state index contributed by atoms with van der Waals surface area (Å²) < 4.78 is 8.44. The van der Waals surface area contributed by atoms with Crippen LogP contribution in [0.2, 0.25) is 0 Å². The van der Waals surface area contributed by atoms with Gasteiger partial charge in [0.15, 0.2) is 0 Å². The lowest BCUT2D eigenvalue weighted by molar-refractivity contribution is 0.144. The highest BCUT2D eigenvalue weighted by Gasteiger charge is 2.18. The third-order valence-electron chi connectivity index (χ3n) is 6.06. The number of nitrogens with zero attached hydrogens (tertiary/aromatic N) is 4. The number of piperazine rings is 1. The van der Waals surface area contributed by atoms with Gasteiger partial charge in [0.05, 0.1) is 24.2 Å². The smallest absolute Gasteiger partial charge is 0.124 e. The molecule has 1 aromatic heterocycles. The van der Waals surface area contributed by atoms with Crippen LogP contribution in [0.1, 0.15) is 29.8 Å². The van der Waals surface area contributed by atoms with Crippen molar-refractivity contribution in [1.82, 2.24) is 19.4 Å². The minimum absolute atomic E-state index is 0.754. The van der Waals surface area contributed by atoms with Crippen molar-refractivity contribution >= 4 is 11.0 Å². The Morgan fingerprint density at radius 3 is 2.57 bits per heavy atom. The zero-order valence-corrected chi connectivity index (χ0v) is 18.6. The quantitative estimate of drug-likeness (QED) is 0.524. The van der Waals surface area contributed by atoms with E-state index in [-0.39, 0.29) is 0 Å². The molecule has 0 spiro atoms. The first-order valence-corrected chi connectivity index (χ1v) is 11.2. The van der Waals surface area contributed by atoms with Crippen LogP contribution in [0.5, 0.6) is 5.75 Å². The molecule has 0 aliphatic carbocycles. The molecule has 2 aromatic carbocycles. The third-order valence-corrected chi connectivity index (χ3v) is 6.06. The van der Waals surface area contributed by atoms with Crippen molar-refractivity contribution in [2.75, 3.05) is 39.8 Å². The van der Waals surface area contributed by atoms with Crippen molar-refractivity contribution in [1.29, 1.82) is 0 Å². The number of unbranched alkanes of at least 4 members (excludes halogenated alkanes) is 1. The molecule has 0 bridgehead atoms. The zero-order chi connectivity index (χ0) is 20.9. The molecule has 5 nitrogen and oxygen atoms in total. The molecular weight excluding hydrogens is 372 g/mol. The highest BCUT2D eigenvalue weighted by Crippen LogP contribution is 2.21. The highest BCUT2D eigenvalue weighted by molar-refractivity contribution is 5.75. The zero-order valence-electron chi connectivity index (χ0n) is 18.6. The number of fused-ring (bicyclic) bond motifs is 1. The van der Waals surface area contributed by atoms with Crippen molar-refractivity contribution in [3.63, 3.8) is 0 Å². The van der Waals surface area contributed by atoms with Crippen LogP contribution in [0, 0.1) is 13.8 Å². The van der Waals surface area contributed by atoms with E-state index < -0.39 is 0 Å². The fraction of sp³-hybridized carbons (Fsp3) is 0.480. The summed E-state index contributed by atoms with van der Waals surface area (Å²) in [5.74, 6) is 2.19. The summed E-state index contributed by atoms with van der Waals surface area (Å²) >= 11 is 0. The molecule has 3 aromatic rings. The highest BCUT2D eigenvalue weighted by atomic mass is 16.5. The van der Waals surface area contributed by atoms with Gasteiger partial charge in [-0.1, -0.05) is 29.8 Å². The number of hydrogen-bond acceptors (Lipinski definition) is 4. The van der Waals surface area contributed by atoms with Crippen LogP contribution in [0.3, 0.4) is 0 Å². The van der Waals surface area contributed by atoms with E-state index in [9.17, 15) is 0 Å². The summed E-state index contributed by atoms with van der Waals surface area (Å²) in [4.78, 5) is 9.90. The van der Waals surface area contributed by atoms with E-state index in [1.807, 2.05) is 0 Å². The predicted octanol–water partition coefficient (Wildman–Crippen LogP) is 4.26. The number of para-hydroxylation sites is 2. The van der Waals surface area contributed by atoms with Crippen LogP contribution in [-0.4, -0.2) is 59.2 Å². The molecule has 0 radical (unpaired) electrons. The number of aryl methyl sites for hydroxylation is 3. The van der Waals surface area contributed by atoms with Gasteiger partial charge in [0.25, 0.3) is 0 Å². The number of likely N-dealkylation sites (N-methyl/N-ethyl adjacent to an activating group) is 1. The number of ether oxygens (including phenoxy) is 1. The molecule has 0 N–H and O–H groups in total. The Bertz CT molecular complexity index is 972. The van der Waals surface area contributed by atoms with Gasteiger partial charge < -0.3 is 14.2 Å². The van der Waals surface area contributed by atoms with E-state index in [0.29, 0.717) is 0 Å². The van der Waals surface area contributed by atoms with Crippen LogP contribution < -0.4 is 4.74 Å². The molecule has 4 rings (SSSR count). The maximum Gasteiger partial charge on any atom is 0.124 e. The Kier molecular flexibility index (Phi) is 6.70. The van der Waals surface area contributed by atoms with Gasteiger partial charge in [-0.05, 0) is 57.5 Å². The number of benzene rings is 2. The molecular formula is C25H34N4O. The molecule has 30 heavy (non-hydrogen) atoms. The predicted molar refractivity (Wildman–Crippen MR) is 123 cm³/mol. The van der Waals surface area contributed by atoms with Gasteiger partial charge in [-0.15, -0.1) is 0 Å². The topological polar surface area (TPSA) is 33.5 Å². The third kappa shape index (κ3) is 5.02. The Labute approximate surface area is 180 Å². The Balaban J connectivity index is 1.36. The van der Waals surface area contributed by atoms with Crippen LogP contribution >= 0.6 is 0 Å². The van der Waals surface area contributed by atoms with Gasteiger partial charge in [-0.3, -0.25) is 4.90 Å². The van der Waals surface area contributed by atoms with Crippen LogP contribution in [0.15, 0.2) is 42.5 Å². The molecule has 0 atom stereocenters. The number of imidazole rings is 1. The lowest BCUT2D eigenvalue weighted by Gasteiger charge is -2.32. The first-order chi connectivity index (χ1) is 14.6. The molecule has 0 unspecified atom stereocenters. The molecule has 2 heterocycles. The average Bonchev–Trinajstić information content (AvgIpc) is 3.08.